The second-order valence-corrected chi connectivity index (χ2v) is 5.49. The van der Waals surface area contributed by atoms with Crippen LogP contribution in [0.25, 0.3) is 0 Å². The quantitative estimate of drug-likeness (QED) is 0.863. The number of hydrogen-bond donors (Lipinski definition) is 1. The molecule has 1 unspecified atom stereocenters. The van der Waals surface area contributed by atoms with Gasteiger partial charge in [-0.2, -0.15) is 0 Å². The van der Waals surface area contributed by atoms with Crippen molar-refractivity contribution in [2.24, 2.45) is 0 Å². The van der Waals surface area contributed by atoms with Gasteiger partial charge in [0.2, 0.25) is 0 Å². The Balaban J connectivity index is 2.29. The van der Waals surface area contributed by atoms with Gasteiger partial charge in [0.05, 0.1) is 12.1 Å². The van der Waals surface area contributed by atoms with Gasteiger partial charge in [0.15, 0.2) is 0 Å². The molecule has 0 aliphatic heterocycles. The van der Waals surface area contributed by atoms with Crippen molar-refractivity contribution >= 4 is 23.2 Å². The summed E-state index contributed by atoms with van der Waals surface area (Å²) < 4.78 is 18.1. The molecule has 0 aromatic heterocycles. The first-order valence-corrected chi connectivity index (χ1v) is 7.25. The monoisotopic (exact) mass is 327 g/mol. The molecule has 2 nitrogen and oxygen atoms in total. The number of hydrogen-bond acceptors (Lipinski definition) is 2. The van der Waals surface area contributed by atoms with Crippen molar-refractivity contribution < 1.29 is 9.13 Å². The smallest absolute Gasteiger partial charge is 0.138 e. The molecular formula is C16H16Cl2FNO. The van der Waals surface area contributed by atoms with Gasteiger partial charge in [-0.1, -0.05) is 35.3 Å². The summed E-state index contributed by atoms with van der Waals surface area (Å²) in [5, 5.41) is 4.30. The summed E-state index contributed by atoms with van der Waals surface area (Å²) in [6, 6.07) is 9.90. The van der Waals surface area contributed by atoms with E-state index in [4.69, 9.17) is 27.9 Å². The van der Waals surface area contributed by atoms with Crippen LogP contribution in [0.1, 0.15) is 17.2 Å². The first kappa shape index (κ1) is 16.1. The Kier molecular flexibility index (Phi) is 5.45. The van der Waals surface area contributed by atoms with Crippen molar-refractivity contribution in [3.05, 3.63) is 63.4 Å². The average Bonchev–Trinajstić information content (AvgIpc) is 2.49. The summed E-state index contributed by atoms with van der Waals surface area (Å²) in [4.78, 5) is 0. The van der Waals surface area contributed by atoms with Crippen LogP contribution in [0.4, 0.5) is 4.39 Å². The fourth-order valence-electron chi connectivity index (χ4n) is 2.19. The Morgan fingerprint density at radius 3 is 2.38 bits per heavy atom. The van der Waals surface area contributed by atoms with E-state index in [2.05, 4.69) is 5.32 Å². The van der Waals surface area contributed by atoms with E-state index in [0.717, 1.165) is 11.1 Å². The number of methoxy groups -OCH3 is 1. The van der Waals surface area contributed by atoms with Crippen molar-refractivity contribution in [3.8, 4) is 5.75 Å². The van der Waals surface area contributed by atoms with Crippen molar-refractivity contribution in [1.29, 1.82) is 0 Å². The van der Waals surface area contributed by atoms with Crippen LogP contribution < -0.4 is 10.1 Å². The maximum atomic E-state index is 13.0. The Hall–Kier alpha value is -1.29. The molecule has 0 aliphatic carbocycles. The molecule has 0 aliphatic rings. The Bertz CT molecular complexity index is 616. The van der Waals surface area contributed by atoms with Gasteiger partial charge < -0.3 is 10.1 Å². The summed E-state index contributed by atoms with van der Waals surface area (Å²) in [5.74, 6) is 0.298. The molecule has 1 N–H and O–H groups in total. The molecule has 1 atom stereocenters. The molecule has 0 radical (unpaired) electrons. The van der Waals surface area contributed by atoms with Crippen LogP contribution in [-0.4, -0.2) is 14.2 Å². The molecular weight excluding hydrogens is 312 g/mol. The third kappa shape index (κ3) is 3.88. The summed E-state index contributed by atoms with van der Waals surface area (Å²) in [6.07, 6.45) is 0.680. The number of rotatable bonds is 5. The molecule has 0 saturated heterocycles. The number of likely N-dealkylation sites (N-methyl/N-ethyl adjacent to an activating group) is 1. The van der Waals surface area contributed by atoms with E-state index >= 15 is 0 Å². The predicted molar refractivity (Wildman–Crippen MR) is 84.9 cm³/mol. The number of benzene rings is 2. The maximum absolute atomic E-state index is 13.0. The third-order valence-corrected chi connectivity index (χ3v) is 3.97. The van der Waals surface area contributed by atoms with Crippen LogP contribution in [0.15, 0.2) is 36.4 Å². The first-order chi connectivity index (χ1) is 10.0. The largest absolute Gasteiger partial charge is 0.495 e. The standard InChI is InChI=1S/C16H16Cl2FNO/c1-20-15(7-10-3-5-11(19)6-4-10)12-8-14(18)16(21-2)9-13(12)17/h3-6,8-9,15,20H,7H2,1-2H3. The van der Waals surface area contributed by atoms with Gasteiger partial charge in [-0.3, -0.25) is 0 Å². The second kappa shape index (κ2) is 7.12. The summed E-state index contributed by atoms with van der Waals surface area (Å²) >= 11 is 12.5. The van der Waals surface area contributed by atoms with Crippen LogP contribution >= 0.6 is 23.2 Å². The fourth-order valence-corrected chi connectivity index (χ4v) is 2.73. The van der Waals surface area contributed by atoms with Gasteiger partial charge in [0.25, 0.3) is 0 Å². The van der Waals surface area contributed by atoms with Gasteiger partial charge in [0.1, 0.15) is 11.6 Å². The van der Waals surface area contributed by atoms with Crippen LogP contribution in [-0.2, 0) is 6.42 Å². The highest BCUT2D eigenvalue weighted by Gasteiger charge is 2.16. The summed E-state index contributed by atoms with van der Waals surface area (Å²) in [6.45, 7) is 0. The molecule has 0 bridgehead atoms. The minimum Gasteiger partial charge on any atom is -0.495 e. The molecule has 0 amide bonds. The lowest BCUT2D eigenvalue weighted by molar-refractivity contribution is 0.414. The lowest BCUT2D eigenvalue weighted by Gasteiger charge is -2.19. The van der Waals surface area contributed by atoms with E-state index < -0.39 is 0 Å². The van der Waals surface area contributed by atoms with Gasteiger partial charge in [-0.25, -0.2) is 4.39 Å². The maximum Gasteiger partial charge on any atom is 0.138 e. The second-order valence-electron chi connectivity index (χ2n) is 4.68. The first-order valence-electron chi connectivity index (χ1n) is 6.49. The van der Waals surface area contributed by atoms with E-state index in [1.807, 2.05) is 7.05 Å². The Labute approximate surface area is 133 Å². The van der Waals surface area contributed by atoms with E-state index in [1.165, 1.54) is 12.1 Å². The zero-order valence-corrected chi connectivity index (χ0v) is 13.3. The molecule has 5 heteroatoms. The van der Waals surface area contributed by atoms with E-state index in [-0.39, 0.29) is 11.9 Å². The summed E-state index contributed by atoms with van der Waals surface area (Å²) in [7, 11) is 3.40. The highest BCUT2D eigenvalue weighted by atomic mass is 35.5. The Morgan fingerprint density at radius 1 is 1.14 bits per heavy atom. The zero-order chi connectivity index (χ0) is 15.4. The minimum absolute atomic E-state index is 0.0219. The van der Waals surface area contributed by atoms with Gasteiger partial charge >= 0.3 is 0 Å². The van der Waals surface area contributed by atoms with Gasteiger partial charge in [-0.15, -0.1) is 0 Å². The van der Waals surface area contributed by atoms with Gasteiger partial charge in [0, 0.05) is 17.1 Å². The topological polar surface area (TPSA) is 21.3 Å². The van der Waals surface area contributed by atoms with E-state index in [0.29, 0.717) is 22.2 Å². The lowest BCUT2D eigenvalue weighted by Crippen LogP contribution is -2.19. The zero-order valence-electron chi connectivity index (χ0n) is 11.8. The van der Waals surface area contributed by atoms with Crippen LogP contribution in [0.2, 0.25) is 10.0 Å². The van der Waals surface area contributed by atoms with E-state index in [9.17, 15) is 4.39 Å². The normalized spacial score (nSPS) is 12.2. The van der Waals surface area contributed by atoms with Crippen LogP contribution in [0.3, 0.4) is 0 Å². The molecule has 112 valence electrons. The summed E-state index contributed by atoms with van der Waals surface area (Å²) in [5.41, 5.74) is 1.90. The number of nitrogens with one attached hydrogen (secondary N) is 1. The molecule has 2 aromatic carbocycles. The van der Waals surface area contributed by atoms with Crippen molar-refractivity contribution in [2.75, 3.05) is 14.2 Å². The van der Waals surface area contributed by atoms with Crippen molar-refractivity contribution in [3.63, 3.8) is 0 Å². The molecule has 0 fully saturated rings. The molecule has 0 spiro atoms. The average molecular weight is 328 g/mol. The van der Waals surface area contributed by atoms with Gasteiger partial charge in [-0.05, 0) is 42.8 Å². The molecule has 21 heavy (non-hydrogen) atoms. The SMILES string of the molecule is CNC(Cc1ccc(F)cc1)c1cc(Cl)c(OC)cc1Cl. The molecule has 0 saturated carbocycles. The molecule has 0 heterocycles. The number of halogens is 3. The minimum atomic E-state index is -0.245. The highest BCUT2D eigenvalue weighted by Crippen LogP contribution is 2.34. The fraction of sp³-hybridized carbons (Fsp3) is 0.250. The predicted octanol–water partition coefficient (Wildman–Crippen LogP) is 4.64. The van der Waals surface area contributed by atoms with E-state index in [1.54, 1.807) is 31.4 Å². The Morgan fingerprint density at radius 2 is 1.81 bits per heavy atom. The van der Waals surface area contributed by atoms with Crippen LogP contribution in [0, 0.1) is 5.82 Å². The van der Waals surface area contributed by atoms with Crippen molar-refractivity contribution in [2.45, 2.75) is 12.5 Å². The molecule has 2 aromatic rings. The number of ether oxygens (including phenoxy) is 1. The lowest BCUT2D eigenvalue weighted by atomic mass is 9.98. The van der Waals surface area contributed by atoms with Crippen molar-refractivity contribution in [1.82, 2.24) is 5.32 Å². The highest BCUT2D eigenvalue weighted by molar-refractivity contribution is 6.34. The third-order valence-electron chi connectivity index (χ3n) is 3.35. The van der Waals surface area contributed by atoms with Crippen LogP contribution in [0.5, 0.6) is 5.75 Å². The molecule has 2 rings (SSSR count).